The number of carbonyl (C=O) groups is 5. The molecule has 5 N–H and O–H groups in total. The Morgan fingerprint density at radius 3 is 2.18 bits per heavy atom. The molecule has 0 saturated heterocycles. The average Bonchev–Trinajstić information content (AvgIpc) is 3.72. The van der Waals surface area contributed by atoms with Crippen molar-refractivity contribution in [1.29, 1.82) is 0 Å². The molecule has 0 spiro atoms. The number of hydrogen-bond donors (Lipinski definition) is 5. The molecule has 62 heavy (non-hydrogen) atoms. The van der Waals surface area contributed by atoms with Crippen LogP contribution < -0.4 is 26.0 Å². The average molecular weight is 868 g/mol. The summed E-state index contributed by atoms with van der Waals surface area (Å²) in [6.07, 6.45) is -3.92. The predicted octanol–water partition coefficient (Wildman–Crippen LogP) is 4.32. The van der Waals surface area contributed by atoms with Gasteiger partial charge in [0.2, 0.25) is 23.6 Å². The van der Waals surface area contributed by atoms with Gasteiger partial charge in [-0.1, -0.05) is 70.2 Å². The summed E-state index contributed by atoms with van der Waals surface area (Å²) >= 11 is 0. The minimum absolute atomic E-state index is 0.107. The second kappa shape index (κ2) is 22.0. The second-order valence-corrected chi connectivity index (χ2v) is 16.0. The summed E-state index contributed by atoms with van der Waals surface area (Å²) in [5.74, 6) is -2.64. The number of carboxylic acid groups (broad SMARTS) is 1. The molecular formula is C43H56F3N9O7. The monoisotopic (exact) mass is 867 g/mol. The number of nitrogens with one attached hydrogen (secondary N) is 4. The number of fused-ring (bicyclic) bond motifs is 14. The lowest BCUT2D eigenvalue weighted by atomic mass is 10.00. The molecule has 19 heteroatoms. The van der Waals surface area contributed by atoms with Gasteiger partial charge < -0.3 is 31.1 Å². The maximum absolute atomic E-state index is 14.3. The third-order valence-electron chi connectivity index (χ3n) is 9.74. The van der Waals surface area contributed by atoms with Crippen LogP contribution in [0.2, 0.25) is 0 Å². The van der Waals surface area contributed by atoms with Gasteiger partial charge in [-0.3, -0.25) is 23.9 Å². The minimum Gasteiger partial charge on any atom is -0.491 e. The number of carboxylic acids is 1. The third-order valence-corrected chi connectivity index (χ3v) is 9.74. The first-order chi connectivity index (χ1) is 29.2. The van der Waals surface area contributed by atoms with Crippen molar-refractivity contribution in [3.05, 3.63) is 94.8 Å². The maximum atomic E-state index is 14.3. The number of aromatic nitrogens is 5. The van der Waals surface area contributed by atoms with Crippen LogP contribution in [-0.2, 0) is 49.9 Å². The normalized spacial score (nSPS) is 19.0. The highest BCUT2D eigenvalue weighted by Crippen LogP contribution is 2.22. The molecule has 4 amide bonds. The number of carbonyl (C=O) groups excluding carboxylic acids is 4. The van der Waals surface area contributed by atoms with Crippen molar-refractivity contribution in [3.8, 4) is 5.75 Å². The molecule has 16 nitrogen and oxygen atoms in total. The molecule has 0 fully saturated rings. The number of benzene rings is 2. The summed E-state index contributed by atoms with van der Waals surface area (Å²) in [5.41, 5.74) is 3.42. The molecule has 0 radical (unpaired) electrons. The van der Waals surface area contributed by atoms with E-state index in [0.717, 1.165) is 22.5 Å². The molecule has 336 valence electrons. The van der Waals surface area contributed by atoms with Crippen LogP contribution in [0, 0.1) is 32.6 Å². The van der Waals surface area contributed by atoms with Crippen molar-refractivity contribution < 1.29 is 47.0 Å². The predicted molar refractivity (Wildman–Crippen MR) is 222 cm³/mol. The van der Waals surface area contributed by atoms with Gasteiger partial charge >= 0.3 is 12.1 Å². The smallest absolute Gasteiger partial charge is 0.490 e. The number of halogens is 3. The number of amides is 4. The van der Waals surface area contributed by atoms with Crippen LogP contribution in [0.25, 0.3) is 0 Å². The molecule has 0 aliphatic carbocycles. The minimum atomic E-state index is -5.08. The first-order valence-electron chi connectivity index (χ1n) is 20.4. The largest absolute Gasteiger partial charge is 0.491 e. The molecule has 4 atom stereocenters. The maximum Gasteiger partial charge on any atom is 0.490 e. The molecule has 4 heterocycles. The van der Waals surface area contributed by atoms with Gasteiger partial charge in [0.15, 0.2) is 5.82 Å². The van der Waals surface area contributed by atoms with Crippen LogP contribution >= 0.6 is 0 Å². The quantitative estimate of drug-likeness (QED) is 0.161. The van der Waals surface area contributed by atoms with Gasteiger partial charge in [-0.05, 0) is 68.4 Å². The van der Waals surface area contributed by atoms with E-state index in [2.05, 4.69) is 50.3 Å². The van der Waals surface area contributed by atoms with Crippen molar-refractivity contribution in [2.45, 2.75) is 118 Å². The summed E-state index contributed by atoms with van der Waals surface area (Å²) in [6.45, 7) is 14.1. The Hall–Kier alpha value is -6.27. The van der Waals surface area contributed by atoms with Crippen molar-refractivity contribution in [1.82, 2.24) is 45.8 Å². The van der Waals surface area contributed by atoms with E-state index in [9.17, 15) is 32.3 Å². The molecule has 2 bridgehead atoms. The van der Waals surface area contributed by atoms with Gasteiger partial charge in [0, 0.05) is 31.5 Å². The van der Waals surface area contributed by atoms with E-state index in [-0.39, 0.29) is 56.2 Å². The number of hydrogen-bond acceptors (Lipinski definition) is 9. The number of rotatable bonds is 9. The molecule has 0 saturated carbocycles. The van der Waals surface area contributed by atoms with Crippen LogP contribution in [0.1, 0.15) is 80.7 Å². The molecular weight excluding hydrogens is 812 g/mol. The van der Waals surface area contributed by atoms with E-state index >= 15 is 0 Å². The van der Waals surface area contributed by atoms with E-state index in [0.29, 0.717) is 36.3 Å². The van der Waals surface area contributed by atoms with Crippen molar-refractivity contribution >= 4 is 29.6 Å². The fourth-order valence-corrected chi connectivity index (χ4v) is 6.82. The highest BCUT2D eigenvalue weighted by atomic mass is 19.4. The van der Waals surface area contributed by atoms with Crippen LogP contribution in [0.5, 0.6) is 5.75 Å². The number of aliphatic carboxylic acids is 1. The van der Waals surface area contributed by atoms with Gasteiger partial charge in [0.1, 0.15) is 36.8 Å². The fourth-order valence-electron chi connectivity index (χ4n) is 6.82. The zero-order chi connectivity index (χ0) is 45.7. The lowest BCUT2D eigenvalue weighted by molar-refractivity contribution is -0.192. The molecule has 6 rings (SSSR count). The summed E-state index contributed by atoms with van der Waals surface area (Å²) < 4.78 is 41.2. The highest BCUT2D eigenvalue weighted by Gasteiger charge is 2.38. The summed E-state index contributed by atoms with van der Waals surface area (Å²) in [5, 5.41) is 28.3. The molecule has 2 aliphatic rings. The molecule has 2 aromatic heterocycles. The van der Waals surface area contributed by atoms with Crippen molar-refractivity contribution in [2.24, 2.45) is 11.8 Å². The number of aryl methyl sites for hydroxylation is 4. The number of alkyl halides is 3. The highest BCUT2D eigenvalue weighted by molar-refractivity contribution is 5.92. The Labute approximate surface area is 358 Å². The van der Waals surface area contributed by atoms with E-state index in [1.807, 2.05) is 88.4 Å². The van der Waals surface area contributed by atoms with Gasteiger partial charge in [-0.2, -0.15) is 23.4 Å². The van der Waals surface area contributed by atoms with Crippen LogP contribution in [-0.4, -0.2) is 90.2 Å². The molecule has 4 aromatic rings. The summed E-state index contributed by atoms with van der Waals surface area (Å²) in [6, 6.07) is 15.8. The van der Waals surface area contributed by atoms with Crippen molar-refractivity contribution in [3.63, 3.8) is 0 Å². The zero-order valence-electron chi connectivity index (χ0n) is 36.0. The van der Waals surface area contributed by atoms with E-state index in [4.69, 9.17) is 14.6 Å². The van der Waals surface area contributed by atoms with Gasteiger partial charge in [-0.25, -0.2) is 14.5 Å². The van der Waals surface area contributed by atoms with Gasteiger partial charge in [0.05, 0.1) is 17.8 Å². The molecule has 0 unspecified atom stereocenters. The molecule has 2 aliphatic heterocycles. The van der Waals surface area contributed by atoms with Gasteiger partial charge in [0.25, 0.3) is 0 Å². The lowest BCUT2D eigenvalue weighted by Crippen LogP contribution is -2.55. The van der Waals surface area contributed by atoms with Crippen LogP contribution in [0.15, 0.2) is 60.7 Å². The number of ether oxygens (including phenoxy) is 1. The van der Waals surface area contributed by atoms with Crippen molar-refractivity contribution in [2.75, 3.05) is 6.61 Å². The van der Waals surface area contributed by atoms with E-state index in [1.54, 1.807) is 11.6 Å². The first-order valence-corrected chi connectivity index (χ1v) is 20.4. The Kier molecular flexibility index (Phi) is 17.2. The summed E-state index contributed by atoms with van der Waals surface area (Å²) in [4.78, 5) is 69.1. The standard InChI is InChI=1S/C41H55N9O5.C2HF3O2/c1-25(2)19-32-24-55-33-15-13-31(14-16-33)22-34(44-36(51)17-18-49-28(6)20-27(5)47-49)40(53)45-35(21-30-11-9-8-10-12-30)41(54)46-38(26(3)4)39-42-29(7)48-50(39)23-37(52)43-32;3-2(4,5)1(6)7/h8-16,20,25-26,32,34-35,38H,17-19,21-24H2,1-7H3,(H,43,52)(H,44,51)(H,45,53)(H,46,54);(H,6,7)/t32-,34+,35-,38-;/m0./s1. The number of nitrogens with zero attached hydrogens (tertiary/aromatic N) is 5. The lowest BCUT2D eigenvalue weighted by Gasteiger charge is -2.27. The SMILES string of the molecule is Cc1cc(C)n(CCC(=O)N[C@@H]2Cc3ccc(cc3)OC[C@H](CC(C)C)NC(=O)Cn3nc(C)nc3[C@H](C(C)C)NC(=O)[C@H](Cc3ccccc3)NC2=O)n1.O=C(O)C(F)(F)F. The third kappa shape index (κ3) is 15.0. The van der Waals surface area contributed by atoms with Gasteiger partial charge in [-0.15, -0.1) is 0 Å². The van der Waals surface area contributed by atoms with E-state index < -0.39 is 42.1 Å². The van der Waals surface area contributed by atoms with Crippen LogP contribution in [0.3, 0.4) is 0 Å². The Bertz CT molecular complexity index is 2140. The summed E-state index contributed by atoms with van der Waals surface area (Å²) in [7, 11) is 0. The van der Waals surface area contributed by atoms with E-state index in [1.165, 1.54) is 4.68 Å². The molecule has 2 aromatic carbocycles. The second-order valence-electron chi connectivity index (χ2n) is 16.0. The zero-order valence-corrected chi connectivity index (χ0v) is 36.0. The first kappa shape index (κ1) is 48.4. The fraction of sp³-hybridized carbons (Fsp3) is 0.488. The van der Waals surface area contributed by atoms with Crippen LogP contribution in [0.4, 0.5) is 13.2 Å². The topological polar surface area (TPSA) is 211 Å². The Morgan fingerprint density at radius 2 is 1.60 bits per heavy atom. The Morgan fingerprint density at radius 1 is 0.935 bits per heavy atom. The Balaban J connectivity index is 0.00000111.